The summed E-state index contributed by atoms with van der Waals surface area (Å²) in [6.07, 6.45) is -0.637. The second-order valence-electron chi connectivity index (χ2n) is 5.69. The number of hydrogen-bond acceptors (Lipinski definition) is 2. The standard InChI is InChI=1S/C17H20F2NO2/c1-17(2,16(18)19)12-21-13-20-11-7-6-10-15(20)22-14-8-4-3-5-9-14/h3-11,16H,12-13H2,1-2H3/q+1. The van der Waals surface area contributed by atoms with Gasteiger partial charge < -0.3 is 9.47 Å². The molecule has 0 N–H and O–H groups in total. The van der Waals surface area contributed by atoms with E-state index in [4.69, 9.17) is 9.47 Å². The third kappa shape index (κ3) is 4.49. The van der Waals surface area contributed by atoms with Gasteiger partial charge in [-0.05, 0) is 18.2 Å². The number of nitrogens with zero attached hydrogens (tertiary/aromatic N) is 1. The number of hydrogen-bond donors (Lipinski definition) is 0. The number of ether oxygens (including phenoxy) is 2. The summed E-state index contributed by atoms with van der Waals surface area (Å²) in [5, 5.41) is 0. The van der Waals surface area contributed by atoms with Gasteiger partial charge in [0, 0.05) is 11.5 Å². The zero-order chi connectivity index (χ0) is 16.0. The first-order chi connectivity index (χ1) is 10.5. The first kappa shape index (κ1) is 16.4. The van der Waals surface area contributed by atoms with E-state index in [1.807, 2.05) is 42.5 Å². The fourth-order valence-electron chi connectivity index (χ4n) is 1.74. The van der Waals surface area contributed by atoms with Crippen molar-refractivity contribution in [1.82, 2.24) is 0 Å². The van der Waals surface area contributed by atoms with E-state index in [1.54, 1.807) is 16.8 Å². The quantitative estimate of drug-likeness (QED) is 0.721. The van der Waals surface area contributed by atoms with E-state index in [9.17, 15) is 8.78 Å². The molecule has 0 radical (unpaired) electrons. The smallest absolute Gasteiger partial charge is 0.375 e. The molecular formula is C17H20F2NO2+. The molecule has 1 aromatic heterocycles. The van der Waals surface area contributed by atoms with Gasteiger partial charge in [-0.25, -0.2) is 8.78 Å². The van der Waals surface area contributed by atoms with E-state index < -0.39 is 11.8 Å². The summed E-state index contributed by atoms with van der Waals surface area (Å²) in [7, 11) is 0. The van der Waals surface area contributed by atoms with Gasteiger partial charge in [0.15, 0.2) is 6.20 Å². The van der Waals surface area contributed by atoms with Crippen LogP contribution in [0, 0.1) is 5.41 Å². The summed E-state index contributed by atoms with van der Waals surface area (Å²) in [6.45, 7) is 3.08. The number of rotatable bonds is 7. The molecule has 0 bridgehead atoms. The van der Waals surface area contributed by atoms with Crippen LogP contribution in [-0.2, 0) is 11.5 Å². The van der Waals surface area contributed by atoms with Gasteiger partial charge in [-0.3, -0.25) is 0 Å². The predicted octanol–water partition coefficient (Wildman–Crippen LogP) is 4.03. The van der Waals surface area contributed by atoms with E-state index in [0.717, 1.165) is 0 Å². The molecule has 0 saturated heterocycles. The average Bonchev–Trinajstić information content (AvgIpc) is 2.50. The van der Waals surface area contributed by atoms with Crippen LogP contribution in [0.25, 0.3) is 0 Å². The molecule has 0 atom stereocenters. The lowest BCUT2D eigenvalue weighted by Crippen LogP contribution is -2.38. The van der Waals surface area contributed by atoms with Crippen LogP contribution in [0.3, 0.4) is 0 Å². The Balaban J connectivity index is 2.00. The van der Waals surface area contributed by atoms with Crippen molar-refractivity contribution in [2.45, 2.75) is 27.0 Å². The van der Waals surface area contributed by atoms with Gasteiger partial charge in [0.1, 0.15) is 5.75 Å². The fourth-order valence-corrected chi connectivity index (χ4v) is 1.74. The predicted molar refractivity (Wildman–Crippen MR) is 78.9 cm³/mol. The highest BCUT2D eigenvalue weighted by Gasteiger charge is 2.30. The SMILES string of the molecule is CC(C)(COC[n+]1ccccc1Oc1ccccc1)C(F)F. The van der Waals surface area contributed by atoms with E-state index in [1.165, 1.54) is 13.8 Å². The van der Waals surface area contributed by atoms with Crippen LogP contribution in [0.4, 0.5) is 8.78 Å². The molecule has 0 unspecified atom stereocenters. The number of benzene rings is 1. The zero-order valence-electron chi connectivity index (χ0n) is 12.7. The molecule has 22 heavy (non-hydrogen) atoms. The summed E-state index contributed by atoms with van der Waals surface area (Å²) in [6, 6.07) is 14.8. The molecule has 1 heterocycles. The van der Waals surface area contributed by atoms with Gasteiger partial charge in [0.05, 0.1) is 12.7 Å². The topological polar surface area (TPSA) is 22.3 Å². The molecule has 0 aliphatic rings. The second-order valence-corrected chi connectivity index (χ2v) is 5.69. The molecule has 0 spiro atoms. The van der Waals surface area contributed by atoms with Gasteiger partial charge in [-0.1, -0.05) is 32.0 Å². The average molecular weight is 308 g/mol. The maximum Gasteiger partial charge on any atom is 0.375 e. The van der Waals surface area contributed by atoms with Gasteiger partial charge >= 0.3 is 5.88 Å². The van der Waals surface area contributed by atoms with Crippen LogP contribution < -0.4 is 9.30 Å². The summed E-state index contributed by atoms with van der Waals surface area (Å²) >= 11 is 0. The van der Waals surface area contributed by atoms with Crippen molar-refractivity contribution < 1.29 is 22.8 Å². The van der Waals surface area contributed by atoms with E-state index >= 15 is 0 Å². The summed E-state index contributed by atoms with van der Waals surface area (Å²) in [4.78, 5) is 0. The first-order valence-electron chi connectivity index (χ1n) is 7.06. The summed E-state index contributed by atoms with van der Waals surface area (Å²) in [5.74, 6) is 1.29. The van der Waals surface area contributed by atoms with Crippen molar-refractivity contribution in [3.63, 3.8) is 0 Å². The Bertz CT molecular complexity index is 588. The zero-order valence-corrected chi connectivity index (χ0v) is 12.7. The molecular weight excluding hydrogens is 288 g/mol. The Kier molecular flexibility index (Phi) is 5.44. The Morgan fingerprint density at radius 3 is 2.41 bits per heavy atom. The third-order valence-corrected chi connectivity index (χ3v) is 3.16. The highest BCUT2D eigenvalue weighted by atomic mass is 19.3. The van der Waals surface area contributed by atoms with Crippen LogP contribution >= 0.6 is 0 Å². The highest BCUT2D eigenvalue weighted by Crippen LogP contribution is 2.25. The van der Waals surface area contributed by atoms with Crippen LogP contribution in [0.5, 0.6) is 11.6 Å². The molecule has 0 aliphatic heterocycles. The van der Waals surface area contributed by atoms with Crippen molar-refractivity contribution in [1.29, 1.82) is 0 Å². The monoisotopic (exact) mass is 308 g/mol. The lowest BCUT2D eigenvalue weighted by Gasteiger charge is -2.22. The Hall–Kier alpha value is -2.01. The van der Waals surface area contributed by atoms with Gasteiger partial charge in [-0.2, -0.15) is 0 Å². The minimum atomic E-state index is -2.42. The van der Waals surface area contributed by atoms with Crippen LogP contribution in [-0.4, -0.2) is 13.0 Å². The van der Waals surface area contributed by atoms with Crippen LogP contribution in [0.15, 0.2) is 54.7 Å². The Morgan fingerprint density at radius 2 is 1.73 bits per heavy atom. The maximum atomic E-state index is 12.8. The van der Waals surface area contributed by atoms with Crippen molar-refractivity contribution in [2.75, 3.05) is 6.61 Å². The van der Waals surface area contributed by atoms with Crippen molar-refractivity contribution >= 4 is 0 Å². The van der Waals surface area contributed by atoms with Crippen LogP contribution in [0.2, 0.25) is 0 Å². The number of aromatic nitrogens is 1. The maximum absolute atomic E-state index is 12.8. The van der Waals surface area contributed by atoms with Crippen molar-refractivity contribution in [2.24, 2.45) is 5.41 Å². The second kappa shape index (κ2) is 7.31. The summed E-state index contributed by atoms with van der Waals surface area (Å²) < 4.78 is 38.5. The van der Waals surface area contributed by atoms with Gasteiger partial charge in [0.2, 0.25) is 6.43 Å². The van der Waals surface area contributed by atoms with Gasteiger partial charge in [-0.15, -0.1) is 4.57 Å². The highest BCUT2D eigenvalue weighted by molar-refractivity contribution is 5.24. The minimum absolute atomic E-state index is 0.0304. The fraction of sp³-hybridized carbons (Fsp3) is 0.353. The lowest BCUT2D eigenvalue weighted by atomic mass is 9.96. The Labute approximate surface area is 129 Å². The molecule has 1 aromatic carbocycles. The molecule has 2 rings (SSSR count). The number of alkyl halides is 2. The van der Waals surface area contributed by atoms with Crippen molar-refractivity contribution in [3.05, 3.63) is 54.7 Å². The molecule has 0 fully saturated rings. The number of para-hydroxylation sites is 1. The summed E-state index contributed by atoms with van der Waals surface area (Å²) in [5.41, 5.74) is -1.17. The molecule has 118 valence electrons. The van der Waals surface area contributed by atoms with E-state index in [-0.39, 0.29) is 13.3 Å². The van der Waals surface area contributed by atoms with E-state index in [2.05, 4.69) is 0 Å². The molecule has 0 aliphatic carbocycles. The molecule has 5 heteroatoms. The molecule has 2 aromatic rings. The van der Waals surface area contributed by atoms with Gasteiger partial charge in [0.25, 0.3) is 6.73 Å². The number of halogens is 2. The molecule has 0 amide bonds. The van der Waals surface area contributed by atoms with E-state index in [0.29, 0.717) is 11.6 Å². The molecule has 3 nitrogen and oxygen atoms in total. The minimum Gasteiger partial charge on any atom is -0.405 e. The molecule has 0 saturated carbocycles. The number of pyridine rings is 1. The largest absolute Gasteiger partial charge is 0.405 e. The lowest BCUT2D eigenvalue weighted by molar-refractivity contribution is -0.736. The Morgan fingerprint density at radius 1 is 1.05 bits per heavy atom. The van der Waals surface area contributed by atoms with Crippen molar-refractivity contribution in [3.8, 4) is 11.6 Å². The van der Waals surface area contributed by atoms with Crippen LogP contribution in [0.1, 0.15) is 13.8 Å². The normalized spacial score (nSPS) is 11.7. The third-order valence-electron chi connectivity index (χ3n) is 3.16. The first-order valence-corrected chi connectivity index (χ1v) is 7.06.